The molecule has 1 aliphatic heterocycles. The molecule has 2 rings (SSSR count). The number of hydrogen-bond acceptors (Lipinski definition) is 3. The largest absolute Gasteiger partial charge is 0.394 e. The summed E-state index contributed by atoms with van der Waals surface area (Å²) in [6.07, 6.45) is -0.483. The molecule has 13 heavy (non-hydrogen) atoms. The normalized spacial score (nSPS) is 27.8. The Kier molecular flexibility index (Phi) is 2.59. The summed E-state index contributed by atoms with van der Waals surface area (Å²) in [6.45, 7) is 0.486. The Labute approximate surface area is 76.9 Å². The number of aliphatic hydroxyl groups excluding tert-OH is 1. The average Bonchev–Trinajstić information content (AvgIpc) is 2.67. The topological polar surface area (TPSA) is 38.7 Å². The van der Waals surface area contributed by atoms with Gasteiger partial charge in [-0.3, -0.25) is 0 Å². The Morgan fingerprint density at radius 3 is 2.69 bits per heavy atom. The van der Waals surface area contributed by atoms with Crippen LogP contribution in [0.15, 0.2) is 30.3 Å². The maximum absolute atomic E-state index is 8.83. The third-order valence-corrected chi connectivity index (χ3v) is 2.02. The van der Waals surface area contributed by atoms with Gasteiger partial charge in [-0.2, -0.15) is 0 Å². The minimum atomic E-state index is -0.307. The first-order chi connectivity index (χ1) is 6.40. The highest BCUT2D eigenvalue weighted by Gasteiger charge is 2.26. The maximum Gasteiger partial charge on any atom is 0.184 e. The fourth-order valence-corrected chi connectivity index (χ4v) is 1.33. The predicted molar refractivity (Wildman–Crippen MR) is 47.1 cm³/mol. The molecule has 1 aliphatic rings. The molecule has 0 saturated carbocycles. The van der Waals surface area contributed by atoms with Crippen molar-refractivity contribution in [1.82, 2.24) is 0 Å². The SMILES string of the molecule is OC[C@@H]1CO[C@@H](c2ccccc2)O1. The van der Waals surface area contributed by atoms with Crippen LogP contribution in [0.25, 0.3) is 0 Å². The van der Waals surface area contributed by atoms with Crippen molar-refractivity contribution in [3.63, 3.8) is 0 Å². The monoisotopic (exact) mass is 180 g/mol. The predicted octanol–water partition coefficient (Wildman–Crippen LogP) is 1.09. The third kappa shape index (κ3) is 1.88. The van der Waals surface area contributed by atoms with E-state index in [0.29, 0.717) is 6.61 Å². The molecule has 0 amide bonds. The van der Waals surface area contributed by atoms with Crippen molar-refractivity contribution in [3.05, 3.63) is 35.9 Å². The first-order valence-electron chi connectivity index (χ1n) is 4.33. The second-order valence-corrected chi connectivity index (χ2v) is 3.02. The van der Waals surface area contributed by atoms with E-state index in [9.17, 15) is 0 Å². The van der Waals surface area contributed by atoms with Gasteiger partial charge in [0.15, 0.2) is 6.29 Å². The Balaban J connectivity index is 2.04. The second-order valence-electron chi connectivity index (χ2n) is 3.02. The first kappa shape index (κ1) is 8.69. The lowest BCUT2D eigenvalue weighted by molar-refractivity contribution is -0.0675. The highest BCUT2D eigenvalue weighted by Crippen LogP contribution is 2.25. The van der Waals surface area contributed by atoms with E-state index >= 15 is 0 Å². The lowest BCUT2D eigenvalue weighted by atomic mass is 10.2. The van der Waals surface area contributed by atoms with Gasteiger partial charge in [-0.1, -0.05) is 30.3 Å². The van der Waals surface area contributed by atoms with E-state index in [4.69, 9.17) is 14.6 Å². The number of ether oxygens (including phenoxy) is 2. The van der Waals surface area contributed by atoms with Crippen LogP contribution < -0.4 is 0 Å². The number of aliphatic hydroxyl groups is 1. The summed E-state index contributed by atoms with van der Waals surface area (Å²) in [6, 6.07) is 9.72. The van der Waals surface area contributed by atoms with Crippen molar-refractivity contribution in [3.8, 4) is 0 Å². The molecule has 0 spiro atoms. The van der Waals surface area contributed by atoms with Crippen LogP contribution in [0.4, 0.5) is 0 Å². The van der Waals surface area contributed by atoms with Gasteiger partial charge in [0.2, 0.25) is 0 Å². The summed E-state index contributed by atoms with van der Waals surface area (Å²) in [5.41, 5.74) is 0.999. The minimum Gasteiger partial charge on any atom is -0.394 e. The summed E-state index contributed by atoms with van der Waals surface area (Å²) in [5.74, 6) is 0. The fourth-order valence-electron chi connectivity index (χ4n) is 1.33. The number of rotatable bonds is 2. The third-order valence-electron chi connectivity index (χ3n) is 2.02. The van der Waals surface area contributed by atoms with Crippen molar-refractivity contribution >= 4 is 0 Å². The maximum atomic E-state index is 8.83. The van der Waals surface area contributed by atoms with Gasteiger partial charge in [0.25, 0.3) is 0 Å². The van der Waals surface area contributed by atoms with Crippen LogP contribution in [0.5, 0.6) is 0 Å². The lowest BCUT2D eigenvalue weighted by Gasteiger charge is -2.09. The fraction of sp³-hybridized carbons (Fsp3) is 0.400. The van der Waals surface area contributed by atoms with Gasteiger partial charge in [0, 0.05) is 5.56 Å². The Morgan fingerprint density at radius 1 is 1.31 bits per heavy atom. The molecule has 0 unspecified atom stereocenters. The molecule has 0 radical (unpaired) electrons. The Morgan fingerprint density at radius 2 is 2.08 bits per heavy atom. The quantitative estimate of drug-likeness (QED) is 0.740. The van der Waals surface area contributed by atoms with Crippen LogP contribution in [0.3, 0.4) is 0 Å². The molecule has 0 aromatic heterocycles. The van der Waals surface area contributed by atoms with E-state index in [1.165, 1.54) is 0 Å². The highest BCUT2D eigenvalue weighted by atomic mass is 16.7. The van der Waals surface area contributed by atoms with Crippen molar-refractivity contribution in [1.29, 1.82) is 0 Å². The number of benzene rings is 1. The van der Waals surface area contributed by atoms with Gasteiger partial charge in [-0.15, -0.1) is 0 Å². The zero-order chi connectivity index (χ0) is 9.10. The van der Waals surface area contributed by atoms with Crippen molar-refractivity contribution in [2.75, 3.05) is 13.2 Å². The van der Waals surface area contributed by atoms with Crippen molar-refractivity contribution < 1.29 is 14.6 Å². The van der Waals surface area contributed by atoms with E-state index in [1.807, 2.05) is 30.3 Å². The molecule has 1 aromatic rings. The molecule has 3 heteroatoms. The molecule has 0 bridgehead atoms. The molecule has 1 saturated heterocycles. The Bertz CT molecular complexity index is 260. The van der Waals surface area contributed by atoms with Crippen LogP contribution in [-0.4, -0.2) is 24.4 Å². The molecule has 1 N–H and O–H groups in total. The molecular weight excluding hydrogens is 168 g/mol. The van der Waals surface area contributed by atoms with Gasteiger partial charge in [0.1, 0.15) is 6.10 Å². The van der Waals surface area contributed by atoms with Crippen LogP contribution in [0.2, 0.25) is 0 Å². The summed E-state index contributed by atoms with van der Waals surface area (Å²) in [7, 11) is 0. The zero-order valence-corrected chi connectivity index (χ0v) is 7.22. The van der Waals surface area contributed by atoms with E-state index < -0.39 is 0 Å². The van der Waals surface area contributed by atoms with E-state index in [0.717, 1.165) is 5.56 Å². The first-order valence-corrected chi connectivity index (χ1v) is 4.33. The van der Waals surface area contributed by atoms with Crippen molar-refractivity contribution in [2.45, 2.75) is 12.4 Å². The van der Waals surface area contributed by atoms with Gasteiger partial charge in [-0.25, -0.2) is 0 Å². The summed E-state index contributed by atoms with van der Waals surface area (Å²) < 4.78 is 10.8. The van der Waals surface area contributed by atoms with Gasteiger partial charge >= 0.3 is 0 Å². The molecule has 70 valence electrons. The summed E-state index contributed by atoms with van der Waals surface area (Å²) in [4.78, 5) is 0. The highest BCUT2D eigenvalue weighted by molar-refractivity contribution is 5.16. The number of hydrogen-bond donors (Lipinski definition) is 1. The van der Waals surface area contributed by atoms with E-state index in [2.05, 4.69) is 0 Å². The molecule has 1 fully saturated rings. The van der Waals surface area contributed by atoms with Gasteiger partial charge in [-0.05, 0) is 0 Å². The minimum absolute atomic E-state index is 0.0172. The summed E-state index contributed by atoms with van der Waals surface area (Å²) in [5, 5.41) is 8.83. The molecular formula is C10H12O3. The van der Waals surface area contributed by atoms with Crippen LogP contribution in [0.1, 0.15) is 11.9 Å². The lowest BCUT2D eigenvalue weighted by Crippen LogP contribution is -2.14. The van der Waals surface area contributed by atoms with E-state index in [1.54, 1.807) is 0 Å². The zero-order valence-electron chi connectivity index (χ0n) is 7.22. The van der Waals surface area contributed by atoms with Crippen molar-refractivity contribution in [2.24, 2.45) is 0 Å². The molecule has 1 heterocycles. The van der Waals surface area contributed by atoms with Gasteiger partial charge < -0.3 is 14.6 Å². The molecule has 1 aromatic carbocycles. The van der Waals surface area contributed by atoms with Gasteiger partial charge in [0.05, 0.1) is 13.2 Å². The molecule has 3 nitrogen and oxygen atoms in total. The van der Waals surface area contributed by atoms with Crippen LogP contribution in [-0.2, 0) is 9.47 Å². The smallest absolute Gasteiger partial charge is 0.184 e. The van der Waals surface area contributed by atoms with E-state index in [-0.39, 0.29) is 19.0 Å². The van der Waals surface area contributed by atoms with Crippen LogP contribution in [0, 0.1) is 0 Å². The molecule has 0 aliphatic carbocycles. The Hall–Kier alpha value is -0.900. The second kappa shape index (κ2) is 3.87. The standard InChI is InChI=1S/C10H12O3/c11-6-9-7-12-10(13-9)8-4-2-1-3-5-8/h1-5,9-11H,6-7H2/t9-,10-/m1/s1. The average molecular weight is 180 g/mol. The molecule has 2 atom stereocenters. The summed E-state index contributed by atoms with van der Waals surface area (Å²) >= 11 is 0. The van der Waals surface area contributed by atoms with Crippen LogP contribution >= 0.6 is 0 Å².